The van der Waals surface area contributed by atoms with Gasteiger partial charge in [-0.15, -0.1) is 0 Å². The summed E-state index contributed by atoms with van der Waals surface area (Å²) in [7, 11) is 1.59. The first-order chi connectivity index (χ1) is 10.8. The van der Waals surface area contributed by atoms with Gasteiger partial charge in [-0.25, -0.2) is 9.18 Å². The number of aliphatic imine (C=N–C) groups is 1. The molecule has 2 amide bonds. The number of rotatable bonds is 3. The molecule has 6 nitrogen and oxygen atoms in total. The zero-order valence-corrected chi connectivity index (χ0v) is 13.4. The van der Waals surface area contributed by atoms with Gasteiger partial charge in [0, 0.05) is 18.8 Å². The van der Waals surface area contributed by atoms with Crippen molar-refractivity contribution in [2.45, 2.75) is 19.4 Å². The molecule has 0 radical (unpaired) electrons. The standard InChI is InChI=1S/C16H20FN3O3/c1-16(2)9-23-10-20(16)15(22)19(4)8-13(18-3)11-5-6-12(17)14(21)7-11/h5-8,21H,3,9-10H2,1-2,4H3. The van der Waals surface area contributed by atoms with E-state index in [2.05, 4.69) is 11.7 Å². The summed E-state index contributed by atoms with van der Waals surface area (Å²) >= 11 is 0. The van der Waals surface area contributed by atoms with Gasteiger partial charge in [0.2, 0.25) is 0 Å². The molecular formula is C16H20FN3O3. The lowest BCUT2D eigenvalue weighted by Crippen LogP contribution is -2.48. The smallest absolute Gasteiger partial charge is 0.326 e. The number of ether oxygens (including phenoxy) is 1. The van der Waals surface area contributed by atoms with E-state index in [1.54, 1.807) is 11.9 Å². The SMILES string of the molecule is C=NC(=CN(C)C(=O)N1COCC1(C)C)c1ccc(F)c(O)c1. The normalized spacial score (nSPS) is 17.2. The first kappa shape index (κ1) is 17.0. The Morgan fingerprint density at radius 3 is 2.78 bits per heavy atom. The minimum absolute atomic E-state index is 0.220. The van der Waals surface area contributed by atoms with Gasteiger partial charge in [-0.2, -0.15) is 0 Å². The van der Waals surface area contributed by atoms with E-state index in [1.807, 2.05) is 13.8 Å². The van der Waals surface area contributed by atoms with Crippen molar-refractivity contribution >= 4 is 18.4 Å². The third-order valence-corrected chi connectivity index (χ3v) is 3.67. The van der Waals surface area contributed by atoms with Crippen molar-refractivity contribution in [2.24, 2.45) is 4.99 Å². The predicted molar refractivity (Wildman–Crippen MR) is 85.5 cm³/mol. The van der Waals surface area contributed by atoms with Crippen molar-refractivity contribution in [1.82, 2.24) is 9.80 Å². The van der Waals surface area contributed by atoms with Gasteiger partial charge < -0.3 is 14.7 Å². The van der Waals surface area contributed by atoms with Gasteiger partial charge in [0.05, 0.1) is 17.8 Å². The largest absolute Gasteiger partial charge is 0.505 e. The van der Waals surface area contributed by atoms with Crippen molar-refractivity contribution in [2.75, 3.05) is 20.4 Å². The van der Waals surface area contributed by atoms with Crippen molar-refractivity contribution < 1.29 is 19.0 Å². The first-order valence-corrected chi connectivity index (χ1v) is 7.06. The fourth-order valence-electron chi connectivity index (χ4n) is 2.26. The highest BCUT2D eigenvalue weighted by molar-refractivity contribution is 5.79. The Balaban J connectivity index is 2.24. The first-order valence-electron chi connectivity index (χ1n) is 7.06. The molecule has 1 heterocycles. The molecule has 0 aromatic heterocycles. The van der Waals surface area contributed by atoms with Crippen LogP contribution in [0.2, 0.25) is 0 Å². The average molecular weight is 321 g/mol. The number of hydrogen-bond donors (Lipinski definition) is 1. The second-order valence-electron chi connectivity index (χ2n) is 5.95. The summed E-state index contributed by atoms with van der Waals surface area (Å²) in [5.74, 6) is -1.21. The van der Waals surface area contributed by atoms with Crippen LogP contribution < -0.4 is 0 Å². The summed E-state index contributed by atoms with van der Waals surface area (Å²) in [4.78, 5) is 19.3. The van der Waals surface area contributed by atoms with Crippen molar-refractivity contribution in [3.05, 3.63) is 35.8 Å². The molecule has 1 aliphatic rings. The molecule has 1 fully saturated rings. The van der Waals surface area contributed by atoms with E-state index < -0.39 is 17.1 Å². The van der Waals surface area contributed by atoms with Crippen molar-refractivity contribution in [1.29, 1.82) is 0 Å². The molecule has 0 atom stereocenters. The third kappa shape index (κ3) is 3.50. The van der Waals surface area contributed by atoms with Crippen LogP contribution in [-0.4, -0.2) is 53.6 Å². The predicted octanol–water partition coefficient (Wildman–Crippen LogP) is 2.65. The van der Waals surface area contributed by atoms with Crippen LogP contribution in [0.15, 0.2) is 29.4 Å². The molecule has 7 heteroatoms. The Kier molecular flexibility index (Phi) is 4.70. The number of urea groups is 1. The zero-order chi connectivity index (χ0) is 17.2. The molecule has 1 aliphatic heterocycles. The summed E-state index contributed by atoms with van der Waals surface area (Å²) in [5, 5.41) is 9.46. The number of halogens is 1. The Hall–Kier alpha value is -2.41. The van der Waals surface area contributed by atoms with E-state index >= 15 is 0 Å². The number of carbonyl (C=O) groups excluding carboxylic acids is 1. The minimum atomic E-state index is -0.724. The van der Waals surface area contributed by atoms with Crippen LogP contribution in [-0.2, 0) is 4.74 Å². The van der Waals surface area contributed by atoms with E-state index in [4.69, 9.17) is 4.74 Å². The molecular weight excluding hydrogens is 301 g/mol. The van der Waals surface area contributed by atoms with E-state index in [-0.39, 0.29) is 12.8 Å². The molecule has 0 bridgehead atoms. The van der Waals surface area contributed by atoms with E-state index in [9.17, 15) is 14.3 Å². The van der Waals surface area contributed by atoms with Crippen LogP contribution in [0.1, 0.15) is 19.4 Å². The lowest BCUT2D eigenvalue weighted by Gasteiger charge is -2.31. The maximum atomic E-state index is 13.1. The van der Waals surface area contributed by atoms with Crippen LogP contribution in [0.5, 0.6) is 5.75 Å². The van der Waals surface area contributed by atoms with E-state index in [1.165, 1.54) is 23.2 Å². The molecule has 1 N–H and O–H groups in total. The molecule has 2 rings (SSSR count). The zero-order valence-electron chi connectivity index (χ0n) is 13.4. The molecule has 1 saturated heterocycles. The number of amides is 2. The van der Waals surface area contributed by atoms with E-state index in [0.717, 1.165) is 6.07 Å². The molecule has 0 unspecified atom stereocenters. The molecule has 23 heavy (non-hydrogen) atoms. The number of carbonyl (C=O) groups is 1. The molecule has 1 aromatic carbocycles. The number of benzene rings is 1. The van der Waals surface area contributed by atoms with Crippen LogP contribution >= 0.6 is 0 Å². The number of phenols is 1. The van der Waals surface area contributed by atoms with Crippen molar-refractivity contribution in [3.63, 3.8) is 0 Å². The molecule has 124 valence electrons. The van der Waals surface area contributed by atoms with Crippen LogP contribution in [0, 0.1) is 5.82 Å². The van der Waals surface area contributed by atoms with Gasteiger partial charge in [0.15, 0.2) is 11.6 Å². The van der Waals surface area contributed by atoms with Gasteiger partial charge in [-0.3, -0.25) is 9.89 Å². The van der Waals surface area contributed by atoms with Crippen molar-refractivity contribution in [3.8, 4) is 5.75 Å². The Morgan fingerprint density at radius 1 is 1.57 bits per heavy atom. The maximum Gasteiger partial charge on any atom is 0.326 e. The quantitative estimate of drug-likeness (QED) is 0.871. The molecule has 0 spiro atoms. The molecule has 0 aliphatic carbocycles. The Morgan fingerprint density at radius 2 is 2.26 bits per heavy atom. The van der Waals surface area contributed by atoms with Crippen LogP contribution in [0.25, 0.3) is 5.70 Å². The number of nitrogens with zero attached hydrogens (tertiary/aromatic N) is 3. The summed E-state index contributed by atoms with van der Waals surface area (Å²) in [6.45, 7) is 7.98. The van der Waals surface area contributed by atoms with Gasteiger partial charge in [-0.1, -0.05) is 0 Å². The van der Waals surface area contributed by atoms with Crippen LogP contribution in [0.4, 0.5) is 9.18 Å². The summed E-state index contributed by atoms with van der Waals surface area (Å²) in [5.41, 5.74) is 0.402. The van der Waals surface area contributed by atoms with Gasteiger partial charge >= 0.3 is 6.03 Å². The number of hydrogen-bond acceptors (Lipinski definition) is 4. The third-order valence-electron chi connectivity index (χ3n) is 3.67. The number of aromatic hydroxyl groups is 1. The molecule has 0 saturated carbocycles. The highest BCUT2D eigenvalue weighted by Gasteiger charge is 2.37. The minimum Gasteiger partial charge on any atom is -0.505 e. The topological polar surface area (TPSA) is 65.4 Å². The average Bonchev–Trinajstić information content (AvgIpc) is 2.86. The second-order valence-corrected chi connectivity index (χ2v) is 5.95. The van der Waals surface area contributed by atoms with Gasteiger partial charge in [0.25, 0.3) is 0 Å². The van der Waals surface area contributed by atoms with Gasteiger partial charge in [-0.05, 0) is 38.8 Å². The summed E-state index contributed by atoms with van der Waals surface area (Å²) in [6.07, 6.45) is 1.48. The number of phenolic OH excluding ortho intramolecular Hbond substituents is 1. The lowest BCUT2D eigenvalue weighted by molar-refractivity contribution is 0.125. The highest BCUT2D eigenvalue weighted by Crippen LogP contribution is 2.25. The molecule has 1 aromatic rings. The fourth-order valence-corrected chi connectivity index (χ4v) is 2.26. The fraction of sp³-hybridized carbons (Fsp3) is 0.375. The monoisotopic (exact) mass is 321 g/mol. The second kappa shape index (κ2) is 6.37. The Labute approximate surface area is 134 Å². The lowest BCUT2D eigenvalue weighted by atomic mass is 10.1. The van der Waals surface area contributed by atoms with Gasteiger partial charge in [0.1, 0.15) is 6.73 Å². The summed E-state index contributed by atoms with van der Waals surface area (Å²) < 4.78 is 18.5. The summed E-state index contributed by atoms with van der Waals surface area (Å²) in [6, 6.07) is 3.57. The van der Waals surface area contributed by atoms with Crippen LogP contribution in [0.3, 0.4) is 0 Å². The van der Waals surface area contributed by atoms with E-state index in [0.29, 0.717) is 17.9 Å². The highest BCUT2D eigenvalue weighted by atomic mass is 19.1. The maximum absolute atomic E-state index is 13.1. The Bertz CT molecular complexity index is 658.